The highest BCUT2D eigenvalue weighted by Gasteiger charge is 2.20. The van der Waals surface area contributed by atoms with E-state index in [0.29, 0.717) is 5.39 Å². The summed E-state index contributed by atoms with van der Waals surface area (Å²) in [6, 6.07) is 11.8. The van der Waals surface area contributed by atoms with Crippen LogP contribution < -0.4 is 10.5 Å². The van der Waals surface area contributed by atoms with Crippen molar-refractivity contribution < 1.29 is 13.2 Å². The molecule has 0 saturated heterocycles. The van der Waals surface area contributed by atoms with Crippen LogP contribution in [0.5, 0.6) is 0 Å². The van der Waals surface area contributed by atoms with Gasteiger partial charge in [0.05, 0.1) is 4.90 Å². The molecule has 3 N–H and O–H groups in total. The average Bonchev–Trinajstić information content (AvgIpc) is 2.36. The summed E-state index contributed by atoms with van der Waals surface area (Å²) < 4.78 is 27.2. The molecule has 20 heavy (non-hydrogen) atoms. The monoisotopic (exact) mass is 292 g/mol. The minimum Gasteiger partial charge on any atom is -0.370 e. The molecule has 5 nitrogen and oxygen atoms in total. The molecule has 0 radical (unpaired) electrons. The normalized spacial score (nSPS) is 13.2. The third-order valence-electron chi connectivity index (χ3n) is 2.90. The van der Waals surface area contributed by atoms with Gasteiger partial charge in [-0.25, -0.2) is 13.1 Å². The van der Waals surface area contributed by atoms with Gasteiger partial charge in [0.25, 0.3) is 0 Å². The van der Waals surface area contributed by atoms with Gasteiger partial charge in [0.2, 0.25) is 15.9 Å². The lowest BCUT2D eigenvalue weighted by atomic mass is 10.1. The molecule has 0 aromatic heterocycles. The lowest BCUT2D eigenvalue weighted by Crippen LogP contribution is -2.35. The van der Waals surface area contributed by atoms with Crippen molar-refractivity contribution in [3.63, 3.8) is 0 Å². The molecule has 0 bridgehead atoms. The first-order valence-corrected chi connectivity index (χ1v) is 7.67. The van der Waals surface area contributed by atoms with Gasteiger partial charge in [0.15, 0.2) is 0 Å². The Kier molecular flexibility index (Phi) is 4.06. The molecule has 0 aliphatic heterocycles. The van der Waals surface area contributed by atoms with Gasteiger partial charge in [-0.1, -0.05) is 36.4 Å². The van der Waals surface area contributed by atoms with E-state index in [1.54, 1.807) is 31.2 Å². The second kappa shape index (κ2) is 5.60. The highest BCUT2D eigenvalue weighted by Crippen LogP contribution is 2.22. The van der Waals surface area contributed by atoms with Gasteiger partial charge < -0.3 is 5.73 Å². The van der Waals surface area contributed by atoms with Crippen molar-refractivity contribution in [2.75, 3.05) is 0 Å². The van der Waals surface area contributed by atoms with E-state index in [4.69, 9.17) is 5.73 Å². The van der Waals surface area contributed by atoms with Gasteiger partial charge >= 0.3 is 0 Å². The van der Waals surface area contributed by atoms with Crippen LogP contribution in [-0.4, -0.2) is 20.4 Å². The fourth-order valence-electron chi connectivity index (χ4n) is 2.10. The molecule has 2 aromatic carbocycles. The maximum Gasteiger partial charge on any atom is 0.241 e. The highest BCUT2D eigenvalue weighted by molar-refractivity contribution is 7.89. The summed E-state index contributed by atoms with van der Waals surface area (Å²) >= 11 is 0. The summed E-state index contributed by atoms with van der Waals surface area (Å²) in [6.07, 6.45) is -0.0377. The van der Waals surface area contributed by atoms with Crippen molar-refractivity contribution in [1.82, 2.24) is 4.72 Å². The van der Waals surface area contributed by atoms with Gasteiger partial charge in [-0.05, 0) is 18.4 Å². The van der Waals surface area contributed by atoms with Crippen molar-refractivity contribution >= 4 is 26.7 Å². The largest absolute Gasteiger partial charge is 0.370 e. The minimum atomic E-state index is -3.69. The van der Waals surface area contributed by atoms with Gasteiger partial charge in [-0.3, -0.25) is 4.79 Å². The number of nitrogens with two attached hydrogens (primary N) is 1. The van der Waals surface area contributed by atoms with E-state index in [0.717, 1.165) is 5.39 Å². The van der Waals surface area contributed by atoms with Crippen molar-refractivity contribution in [2.45, 2.75) is 24.3 Å². The molecule has 0 aliphatic carbocycles. The Bertz CT molecular complexity index is 736. The Labute approximate surface area is 117 Å². The second-order valence-corrected chi connectivity index (χ2v) is 6.35. The molecule has 106 valence electrons. The molecule has 0 fully saturated rings. The maximum atomic E-state index is 12.4. The minimum absolute atomic E-state index is 0.0377. The lowest BCUT2D eigenvalue weighted by molar-refractivity contribution is -0.118. The Morgan fingerprint density at radius 3 is 2.55 bits per heavy atom. The smallest absolute Gasteiger partial charge is 0.241 e. The van der Waals surface area contributed by atoms with E-state index in [-0.39, 0.29) is 11.3 Å². The van der Waals surface area contributed by atoms with Gasteiger partial charge in [-0.15, -0.1) is 0 Å². The van der Waals surface area contributed by atoms with Crippen LogP contribution in [0, 0.1) is 0 Å². The van der Waals surface area contributed by atoms with E-state index >= 15 is 0 Å². The number of primary amides is 1. The molecule has 0 aliphatic rings. The van der Waals surface area contributed by atoms with E-state index in [1.165, 1.54) is 0 Å². The average molecular weight is 292 g/mol. The van der Waals surface area contributed by atoms with Crippen molar-refractivity contribution in [3.8, 4) is 0 Å². The van der Waals surface area contributed by atoms with Crippen LogP contribution in [0.2, 0.25) is 0 Å². The third kappa shape index (κ3) is 3.15. The number of hydrogen-bond acceptors (Lipinski definition) is 3. The summed E-state index contributed by atoms with van der Waals surface area (Å²) in [7, 11) is -3.69. The van der Waals surface area contributed by atoms with Gasteiger partial charge in [-0.2, -0.15) is 0 Å². The lowest BCUT2D eigenvalue weighted by Gasteiger charge is -2.14. The van der Waals surface area contributed by atoms with Gasteiger partial charge in [0.1, 0.15) is 0 Å². The van der Waals surface area contributed by atoms with Crippen LogP contribution in [0.25, 0.3) is 10.8 Å². The maximum absolute atomic E-state index is 12.4. The molecule has 2 rings (SSSR count). The topological polar surface area (TPSA) is 89.3 Å². The highest BCUT2D eigenvalue weighted by atomic mass is 32.2. The molecule has 0 saturated carbocycles. The number of fused-ring (bicyclic) bond motifs is 1. The number of hydrogen-bond donors (Lipinski definition) is 2. The Morgan fingerprint density at radius 2 is 1.85 bits per heavy atom. The van der Waals surface area contributed by atoms with E-state index in [9.17, 15) is 13.2 Å². The number of nitrogens with one attached hydrogen (secondary N) is 1. The number of benzene rings is 2. The van der Waals surface area contributed by atoms with Crippen LogP contribution in [0.1, 0.15) is 13.3 Å². The molecular weight excluding hydrogens is 276 g/mol. The molecule has 1 amide bonds. The van der Waals surface area contributed by atoms with Crippen molar-refractivity contribution in [1.29, 1.82) is 0 Å². The third-order valence-corrected chi connectivity index (χ3v) is 4.55. The number of sulfonamides is 1. The summed E-state index contributed by atoms with van der Waals surface area (Å²) in [4.78, 5) is 11.0. The van der Waals surface area contributed by atoms with E-state index in [1.807, 2.05) is 18.2 Å². The van der Waals surface area contributed by atoms with Crippen molar-refractivity contribution in [2.24, 2.45) is 5.73 Å². The van der Waals surface area contributed by atoms with Crippen LogP contribution in [0.15, 0.2) is 47.4 Å². The Morgan fingerprint density at radius 1 is 1.20 bits per heavy atom. The molecule has 1 atom stereocenters. The fourth-order valence-corrected chi connectivity index (χ4v) is 3.57. The molecular formula is C14H16N2O3S. The molecule has 6 heteroatoms. The molecule has 0 heterocycles. The predicted molar refractivity (Wildman–Crippen MR) is 77.5 cm³/mol. The van der Waals surface area contributed by atoms with E-state index < -0.39 is 22.0 Å². The Balaban J connectivity index is 2.39. The standard InChI is InChI=1S/C14H16N2O3S/c1-10(9-14(15)17)16-20(18,19)13-8-4-6-11-5-2-3-7-12(11)13/h2-8,10,16H,9H2,1H3,(H2,15,17). The zero-order valence-corrected chi connectivity index (χ0v) is 11.9. The quantitative estimate of drug-likeness (QED) is 0.872. The van der Waals surface area contributed by atoms with Crippen LogP contribution >= 0.6 is 0 Å². The molecule has 0 spiro atoms. The summed E-state index contributed by atoms with van der Waals surface area (Å²) in [5.74, 6) is -0.543. The first kappa shape index (κ1) is 14.5. The number of amides is 1. The zero-order valence-electron chi connectivity index (χ0n) is 11.0. The first-order valence-electron chi connectivity index (χ1n) is 6.18. The number of carbonyl (C=O) groups excluding carboxylic acids is 1. The second-order valence-electron chi connectivity index (χ2n) is 4.67. The zero-order chi connectivity index (χ0) is 14.8. The van der Waals surface area contributed by atoms with Crippen LogP contribution in [-0.2, 0) is 14.8 Å². The van der Waals surface area contributed by atoms with Crippen LogP contribution in [0.3, 0.4) is 0 Å². The summed E-state index contributed by atoms with van der Waals surface area (Å²) in [6.45, 7) is 1.60. The number of rotatable bonds is 5. The first-order chi connectivity index (χ1) is 9.40. The van der Waals surface area contributed by atoms with Crippen molar-refractivity contribution in [3.05, 3.63) is 42.5 Å². The fraction of sp³-hybridized carbons (Fsp3) is 0.214. The van der Waals surface area contributed by atoms with Crippen LogP contribution in [0.4, 0.5) is 0 Å². The molecule has 2 aromatic rings. The summed E-state index contributed by atoms with van der Waals surface area (Å²) in [5.41, 5.74) is 5.07. The van der Waals surface area contributed by atoms with E-state index in [2.05, 4.69) is 4.72 Å². The van der Waals surface area contributed by atoms with Gasteiger partial charge in [0, 0.05) is 17.8 Å². The summed E-state index contributed by atoms with van der Waals surface area (Å²) in [5, 5.41) is 1.49. The SMILES string of the molecule is CC(CC(N)=O)NS(=O)(=O)c1cccc2ccccc12. The number of carbonyl (C=O) groups is 1. The molecule has 1 unspecified atom stereocenters. The predicted octanol–water partition coefficient (Wildman–Crippen LogP) is 1.38. The Hall–Kier alpha value is -1.92.